The lowest BCUT2D eigenvalue weighted by Gasteiger charge is -2.10. The number of hydrogen-bond donors (Lipinski definition) is 0. The zero-order chi connectivity index (χ0) is 10.4. The van der Waals surface area contributed by atoms with Crippen molar-refractivity contribution in [3.8, 4) is 0 Å². The van der Waals surface area contributed by atoms with Gasteiger partial charge in [0, 0.05) is 0 Å². The Labute approximate surface area is 89.5 Å². The first-order chi connectivity index (χ1) is 6.77. The Morgan fingerprint density at radius 3 is 2.21 bits per heavy atom. The molecule has 0 spiro atoms. The summed E-state index contributed by atoms with van der Waals surface area (Å²) in [5.41, 5.74) is 1.50. The van der Waals surface area contributed by atoms with E-state index in [1.165, 1.54) is 31.0 Å². The first-order valence-electron chi connectivity index (χ1n) is 5.58. The van der Waals surface area contributed by atoms with Crippen LogP contribution in [0, 0.1) is 0 Å². The average molecular weight is 208 g/mol. The van der Waals surface area contributed by atoms with Crippen LogP contribution in [-0.2, 0) is 6.42 Å². The van der Waals surface area contributed by atoms with Gasteiger partial charge in [-0.05, 0) is 36.5 Å². The van der Waals surface area contributed by atoms with Gasteiger partial charge in [-0.3, -0.25) is 0 Å². The van der Waals surface area contributed by atoms with Crippen LogP contribution >= 0.6 is 7.92 Å². The lowest BCUT2D eigenvalue weighted by molar-refractivity contribution is 0.795. The van der Waals surface area contributed by atoms with Gasteiger partial charge in [-0.25, -0.2) is 0 Å². The molecule has 1 aromatic carbocycles. The molecule has 1 unspecified atom stereocenters. The van der Waals surface area contributed by atoms with Gasteiger partial charge in [0.15, 0.2) is 0 Å². The molecule has 0 saturated carbocycles. The Kier molecular flexibility index (Phi) is 5.19. The molecule has 78 valence electrons. The van der Waals surface area contributed by atoms with Crippen LogP contribution in [0.25, 0.3) is 0 Å². The van der Waals surface area contributed by atoms with Crippen LogP contribution in [0.2, 0.25) is 0 Å². The lowest BCUT2D eigenvalue weighted by atomic mass is 10.1. The minimum Gasteiger partial charge on any atom is -0.0788 e. The molecule has 0 radical (unpaired) electrons. The summed E-state index contributed by atoms with van der Waals surface area (Å²) < 4.78 is 0. The molecule has 0 heterocycles. The van der Waals surface area contributed by atoms with E-state index < -0.39 is 0 Å². The molecular weight excluding hydrogens is 187 g/mol. The molecule has 0 N–H and O–H groups in total. The Morgan fingerprint density at radius 2 is 1.71 bits per heavy atom. The summed E-state index contributed by atoms with van der Waals surface area (Å²) in [6, 6.07) is 9.25. The van der Waals surface area contributed by atoms with Crippen molar-refractivity contribution in [1.82, 2.24) is 0 Å². The monoisotopic (exact) mass is 208 g/mol. The van der Waals surface area contributed by atoms with Crippen molar-refractivity contribution in [3.63, 3.8) is 0 Å². The second kappa shape index (κ2) is 6.19. The first-order valence-corrected chi connectivity index (χ1v) is 7.55. The van der Waals surface area contributed by atoms with Gasteiger partial charge < -0.3 is 0 Å². The van der Waals surface area contributed by atoms with E-state index in [0.29, 0.717) is 0 Å². The smallest absolute Gasteiger partial charge is 0.0243 e. The van der Waals surface area contributed by atoms with E-state index in [1.54, 1.807) is 5.30 Å². The molecule has 0 saturated heterocycles. The number of unbranched alkanes of at least 4 members (excludes halogenated alkanes) is 1. The van der Waals surface area contributed by atoms with E-state index in [2.05, 4.69) is 44.8 Å². The highest BCUT2D eigenvalue weighted by molar-refractivity contribution is 7.64. The van der Waals surface area contributed by atoms with Crippen molar-refractivity contribution in [2.45, 2.75) is 33.1 Å². The average Bonchev–Trinajstić information content (AvgIpc) is 2.26. The second-order valence-electron chi connectivity index (χ2n) is 3.78. The van der Waals surface area contributed by atoms with Crippen LogP contribution < -0.4 is 5.30 Å². The van der Waals surface area contributed by atoms with Crippen molar-refractivity contribution in [1.29, 1.82) is 0 Å². The van der Waals surface area contributed by atoms with E-state index in [-0.39, 0.29) is 7.92 Å². The van der Waals surface area contributed by atoms with Crippen LogP contribution in [0.1, 0.15) is 32.3 Å². The summed E-state index contributed by atoms with van der Waals surface area (Å²) in [5.74, 6) is 0. The van der Waals surface area contributed by atoms with Gasteiger partial charge in [-0.1, -0.05) is 52.5 Å². The van der Waals surface area contributed by atoms with E-state index in [0.717, 1.165) is 0 Å². The second-order valence-corrected chi connectivity index (χ2v) is 6.33. The Bertz CT molecular complexity index is 250. The molecule has 0 aromatic heterocycles. The summed E-state index contributed by atoms with van der Waals surface area (Å²) in [7, 11) is 0.101. The summed E-state index contributed by atoms with van der Waals surface area (Å²) in [6.45, 7) is 6.88. The fourth-order valence-corrected chi connectivity index (χ4v) is 2.50. The molecule has 0 aliphatic carbocycles. The van der Waals surface area contributed by atoms with Crippen molar-refractivity contribution < 1.29 is 0 Å². The third kappa shape index (κ3) is 3.42. The predicted octanol–water partition coefficient (Wildman–Crippen LogP) is 3.79. The van der Waals surface area contributed by atoms with Crippen molar-refractivity contribution in [2.75, 3.05) is 12.8 Å². The Morgan fingerprint density at radius 1 is 1.07 bits per heavy atom. The summed E-state index contributed by atoms with van der Waals surface area (Å²) in [6.07, 6.45) is 5.14. The third-order valence-corrected chi connectivity index (χ3v) is 4.80. The Balaban J connectivity index is 2.59. The maximum absolute atomic E-state index is 2.36. The van der Waals surface area contributed by atoms with Gasteiger partial charge in [-0.2, -0.15) is 0 Å². The molecule has 1 aromatic rings. The van der Waals surface area contributed by atoms with Crippen LogP contribution in [0.4, 0.5) is 0 Å². The maximum atomic E-state index is 2.36. The van der Waals surface area contributed by atoms with Gasteiger partial charge in [-0.15, -0.1) is 0 Å². The largest absolute Gasteiger partial charge is 0.0788 e. The summed E-state index contributed by atoms with van der Waals surface area (Å²) in [4.78, 5) is 0. The minimum atomic E-state index is 0.101. The zero-order valence-electron chi connectivity index (χ0n) is 9.59. The number of benzene rings is 1. The van der Waals surface area contributed by atoms with Gasteiger partial charge in [0.2, 0.25) is 0 Å². The quantitative estimate of drug-likeness (QED) is 0.646. The normalized spacial score (nSPS) is 12.8. The molecule has 14 heavy (non-hydrogen) atoms. The molecule has 1 atom stereocenters. The van der Waals surface area contributed by atoms with Crippen LogP contribution in [0.5, 0.6) is 0 Å². The topological polar surface area (TPSA) is 0 Å². The molecule has 0 bridgehead atoms. The molecule has 0 nitrogen and oxygen atoms in total. The number of aryl methyl sites for hydroxylation is 1. The van der Waals surface area contributed by atoms with Gasteiger partial charge in [0.1, 0.15) is 0 Å². The van der Waals surface area contributed by atoms with Crippen molar-refractivity contribution in [3.05, 3.63) is 29.8 Å². The van der Waals surface area contributed by atoms with Crippen LogP contribution in [0.3, 0.4) is 0 Å². The molecule has 1 heteroatoms. The van der Waals surface area contributed by atoms with Crippen molar-refractivity contribution >= 4 is 13.2 Å². The molecule has 1 rings (SSSR count). The highest BCUT2D eigenvalue weighted by Gasteiger charge is 2.01. The lowest BCUT2D eigenvalue weighted by Crippen LogP contribution is -2.01. The van der Waals surface area contributed by atoms with E-state index in [9.17, 15) is 0 Å². The summed E-state index contributed by atoms with van der Waals surface area (Å²) >= 11 is 0. The van der Waals surface area contributed by atoms with Crippen molar-refractivity contribution in [2.24, 2.45) is 0 Å². The molecule has 0 aliphatic heterocycles. The molecule has 0 amide bonds. The van der Waals surface area contributed by atoms with Gasteiger partial charge in [0.25, 0.3) is 0 Å². The van der Waals surface area contributed by atoms with Crippen LogP contribution in [0.15, 0.2) is 24.3 Å². The Hall–Kier alpha value is -0.350. The summed E-state index contributed by atoms with van der Waals surface area (Å²) in [5, 5.41) is 1.54. The van der Waals surface area contributed by atoms with Crippen LogP contribution in [-0.4, -0.2) is 12.8 Å². The SMILES string of the molecule is CCCCc1ccc(P(C)CC)cc1. The fraction of sp³-hybridized carbons (Fsp3) is 0.538. The minimum absolute atomic E-state index is 0.101. The third-order valence-electron chi connectivity index (χ3n) is 2.67. The maximum Gasteiger partial charge on any atom is -0.0243 e. The molecule has 0 fully saturated rings. The predicted molar refractivity (Wildman–Crippen MR) is 68.1 cm³/mol. The van der Waals surface area contributed by atoms with E-state index >= 15 is 0 Å². The van der Waals surface area contributed by atoms with E-state index in [1.807, 2.05) is 0 Å². The zero-order valence-corrected chi connectivity index (χ0v) is 10.5. The number of rotatable bonds is 5. The molecule has 0 aliphatic rings. The fourth-order valence-electron chi connectivity index (χ4n) is 1.48. The first kappa shape index (κ1) is 11.7. The van der Waals surface area contributed by atoms with Gasteiger partial charge in [0.05, 0.1) is 0 Å². The van der Waals surface area contributed by atoms with E-state index in [4.69, 9.17) is 0 Å². The highest BCUT2D eigenvalue weighted by atomic mass is 31.1. The highest BCUT2D eigenvalue weighted by Crippen LogP contribution is 2.28. The standard InChI is InChI=1S/C13H21P/c1-4-6-7-12-8-10-13(11-9-12)14(3)5-2/h8-11H,4-7H2,1-3H3. The molecular formula is C13H21P. The number of hydrogen-bond acceptors (Lipinski definition) is 0. The van der Waals surface area contributed by atoms with Gasteiger partial charge >= 0.3 is 0 Å².